The van der Waals surface area contributed by atoms with Crippen LogP contribution in [0.1, 0.15) is 30.5 Å². The zero-order valence-electron chi connectivity index (χ0n) is 35.6. The molecule has 0 radical (unpaired) electrons. The van der Waals surface area contributed by atoms with Gasteiger partial charge in [0.1, 0.15) is 40.2 Å². The van der Waals surface area contributed by atoms with Crippen molar-refractivity contribution in [3.8, 4) is 40.2 Å². The summed E-state index contributed by atoms with van der Waals surface area (Å²) < 4.78 is 77.0. The number of ether oxygens (including phenoxy) is 4. The largest absolute Gasteiger partial charge is 0.493 e. The summed E-state index contributed by atoms with van der Waals surface area (Å²) in [5.74, 6) is 3.91. The number of sulfone groups is 2. The molecule has 0 spiro atoms. The van der Waals surface area contributed by atoms with E-state index in [1.165, 1.54) is 36.4 Å². The summed E-state index contributed by atoms with van der Waals surface area (Å²) in [5, 5.41) is 0. The second-order valence-corrected chi connectivity index (χ2v) is 19.7. The van der Waals surface area contributed by atoms with Crippen LogP contribution in [0.15, 0.2) is 214 Å². The van der Waals surface area contributed by atoms with Crippen LogP contribution in [0, 0.1) is 0 Å². The fourth-order valence-corrected chi connectivity index (χ4v) is 9.53. The lowest BCUT2D eigenvalue weighted by Crippen LogP contribution is -2.18. The predicted octanol–water partition coefficient (Wildman–Crippen LogP) is 11.8. The molecule has 65 heavy (non-hydrogen) atoms. The summed E-state index contributed by atoms with van der Waals surface area (Å²) in [4.78, 5) is 0.624. The first-order valence-corrected chi connectivity index (χ1v) is 23.7. The van der Waals surface area contributed by atoms with E-state index in [4.69, 9.17) is 30.4 Å². The highest BCUT2D eigenvalue weighted by Gasteiger charge is 2.24. The number of rotatable bonds is 16. The number of hydrogen-bond donors (Lipinski definition) is 2. The molecule has 12 heteroatoms. The number of anilines is 2. The smallest absolute Gasteiger partial charge is 0.206 e. The molecular weight excluding hydrogens is 857 g/mol. The van der Waals surface area contributed by atoms with E-state index in [1.807, 2.05) is 24.3 Å². The van der Waals surface area contributed by atoms with Crippen LogP contribution in [0.4, 0.5) is 11.4 Å². The van der Waals surface area contributed by atoms with Gasteiger partial charge >= 0.3 is 0 Å². The van der Waals surface area contributed by atoms with Crippen molar-refractivity contribution >= 4 is 31.0 Å². The van der Waals surface area contributed by atoms with E-state index in [0.29, 0.717) is 64.6 Å². The van der Waals surface area contributed by atoms with Crippen LogP contribution in [-0.2, 0) is 31.5 Å². The molecule has 0 fully saturated rings. The maximum absolute atomic E-state index is 13.4. The van der Waals surface area contributed by atoms with Gasteiger partial charge in [-0.25, -0.2) is 16.8 Å². The van der Waals surface area contributed by atoms with Crippen LogP contribution in [0.25, 0.3) is 0 Å². The maximum Gasteiger partial charge on any atom is 0.206 e. The minimum Gasteiger partial charge on any atom is -0.493 e. The third kappa shape index (κ3) is 10.5. The number of nitrogens with two attached hydrogens (primary N) is 2. The zero-order chi connectivity index (χ0) is 45.6. The van der Waals surface area contributed by atoms with Gasteiger partial charge in [0.05, 0.1) is 26.2 Å². The summed E-state index contributed by atoms with van der Waals surface area (Å²) in [6, 6.07) is 55.5. The lowest BCUT2D eigenvalue weighted by molar-refractivity contribution is 0.321. The van der Waals surface area contributed by atoms with E-state index >= 15 is 0 Å². The Bertz CT molecular complexity index is 3090. The Kier molecular flexibility index (Phi) is 12.7. The van der Waals surface area contributed by atoms with Gasteiger partial charge in [0.25, 0.3) is 0 Å². The van der Waals surface area contributed by atoms with Crippen molar-refractivity contribution < 1.29 is 35.8 Å². The number of nitrogen functional groups attached to an aromatic ring is 2. The quantitative estimate of drug-likeness (QED) is 0.0894. The summed E-state index contributed by atoms with van der Waals surface area (Å²) >= 11 is 0. The zero-order valence-corrected chi connectivity index (χ0v) is 37.3. The van der Waals surface area contributed by atoms with Crippen molar-refractivity contribution in [2.24, 2.45) is 0 Å². The summed E-state index contributed by atoms with van der Waals surface area (Å²) in [6.07, 6.45) is 0.666. The first kappa shape index (κ1) is 44.1. The Morgan fingerprint density at radius 2 is 0.631 bits per heavy atom. The minimum atomic E-state index is -3.77. The van der Waals surface area contributed by atoms with E-state index in [-0.39, 0.29) is 25.0 Å². The van der Waals surface area contributed by atoms with Crippen LogP contribution in [0.3, 0.4) is 0 Å². The van der Waals surface area contributed by atoms with Crippen LogP contribution in [-0.4, -0.2) is 23.4 Å². The van der Waals surface area contributed by atoms with E-state index in [1.54, 1.807) is 109 Å². The van der Waals surface area contributed by atoms with Crippen molar-refractivity contribution in [3.63, 3.8) is 0 Å². The van der Waals surface area contributed by atoms with E-state index in [9.17, 15) is 16.8 Å². The van der Waals surface area contributed by atoms with Crippen LogP contribution < -0.4 is 30.4 Å². The van der Waals surface area contributed by atoms with Gasteiger partial charge in [0, 0.05) is 23.2 Å². The van der Waals surface area contributed by atoms with Crippen molar-refractivity contribution in [2.75, 3.05) is 18.1 Å². The van der Waals surface area contributed by atoms with Gasteiger partial charge in [-0.3, -0.25) is 0 Å². The normalized spacial score (nSPS) is 11.7. The van der Waals surface area contributed by atoms with E-state index < -0.39 is 19.7 Å². The van der Waals surface area contributed by atoms with E-state index in [0.717, 1.165) is 16.7 Å². The van der Waals surface area contributed by atoms with Gasteiger partial charge in [-0.05, 0) is 174 Å². The predicted molar refractivity (Wildman–Crippen MR) is 253 cm³/mol. The summed E-state index contributed by atoms with van der Waals surface area (Å²) in [7, 11) is -7.51. The molecule has 0 aliphatic carbocycles. The van der Waals surface area contributed by atoms with E-state index in [2.05, 4.69) is 38.1 Å². The number of hydrogen-bond acceptors (Lipinski definition) is 10. The molecule has 0 aliphatic heterocycles. The lowest BCUT2D eigenvalue weighted by atomic mass is 9.78. The first-order valence-electron chi connectivity index (χ1n) is 20.7. The highest BCUT2D eigenvalue weighted by Crippen LogP contribution is 2.35. The highest BCUT2D eigenvalue weighted by molar-refractivity contribution is 7.91. The second kappa shape index (κ2) is 18.7. The topological polar surface area (TPSA) is 157 Å². The molecule has 0 aliphatic rings. The first-order chi connectivity index (χ1) is 31.2. The van der Waals surface area contributed by atoms with Gasteiger partial charge in [0.15, 0.2) is 0 Å². The SMILES string of the molecule is CC(C)(c1ccc(CCOc2ccc(S(=O)(=O)c3ccc(Oc4ccc(N)cc4)cc3)cc2)cc1)c1ccc(Oc2ccc(S(=O)(=O)c3ccc(Oc4ccc(N)cc4)cc3)cc2)cc1. The maximum atomic E-state index is 13.4. The molecule has 0 amide bonds. The molecule has 0 saturated heterocycles. The molecule has 328 valence electrons. The molecule has 4 N–H and O–H groups in total. The average Bonchev–Trinajstić information content (AvgIpc) is 3.32. The monoisotopic (exact) mass is 902 g/mol. The molecule has 0 atom stereocenters. The molecule has 0 heterocycles. The van der Waals surface area contributed by atoms with Crippen LogP contribution in [0.5, 0.6) is 40.2 Å². The molecule has 0 aromatic heterocycles. The molecule has 8 aromatic carbocycles. The summed E-state index contributed by atoms with van der Waals surface area (Å²) in [5.41, 5.74) is 15.7. The van der Waals surface area contributed by atoms with Gasteiger partial charge in [0.2, 0.25) is 19.7 Å². The third-order valence-electron chi connectivity index (χ3n) is 10.9. The molecule has 10 nitrogen and oxygen atoms in total. The van der Waals surface area contributed by atoms with Gasteiger partial charge < -0.3 is 30.4 Å². The molecule has 0 bridgehead atoms. The standard InChI is InChI=1S/C53H46N2O8S2/c1-53(2,39-7-13-43(14-8-39)61-46-21-29-51(30-22-46)65(58,59)52-33-25-48(26-34-52)63-45-17-11-41(55)12-18-45)38-5-3-37(4-6-38)35-36-60-42-19-27-49(28-20-42)64(56,57)50-31-23-47(24-32-50)62-44-15-9-40(54)10-16-44/h3-34H,35-36,54-55H2,1-2H3. The second-order valence-electron chi connectivity index (χ2n) is 15.8. The van der Waals surface area contributed by atoms with Gasteiger partial charge in [-0.2, -0.15) is 0 Å². The fraction of sp³-hybridized carbons (Fsp3) is 0.0943. The average molecular weight is 903 g/mol. The third-order valence-corrected chi connectivity index (χ3v) is 14.5. The molecule has 0 unspecified atom stereocenters. The number of benzene rings is 8. The van der Waals surface area contributed by atoms with Crippen LogP contribution in [0.2, 0.25) is 0 Å². The Hall–Kier alpha value is -7.54. The molecular formula is C53H46N2O8S2. The highest BCUT2D eigenvalue weighted by atomic mass is 32.2. The van der Waals surface area contributed by atoms with Crippen molar-refractivity contribution in [3.05, 3.63) is 211 Å². The van der Waals surface area contributed by atoms with Crippen LogP contribution >= 0.6 is 0 Å². The lowest BCUT2D eigenvalue weighted by Gasteiger charge is -2.26. The van der Waals surface area contributed by atoms with Crippen molar-refractivity contribution in [2.45, 2.75) is 45.3 Å². The molecule has 0 saturated carbocycles. The summed E-state index contributed by atoms with van der Waals surface area (Å²) in [6.45, 7) is 4.74. The minimum absolute atomic E-state index is 0.148. The Morgan fingerprint density at radius 3 is 0.954 bits per heavy atom. The van der Waals surface area contributed by atoms with Gasteiger partial charge in [-0.1, -0.05) is 50.2 Å². The van der Waals surface area contributed by atoms with Crippen molar-refractivity contribution in [1.29, 1.82) is 0 Å². The Labute approximate surface area is 379 Å². The Morgan fingerprint density at radius 1 is 0.369 bits per heavy atom. The Balaban J connectivity index is 0.811. The fourth-order valence-electron chi connectivity index (χ4n) is 7.01. The van der Waals surface area contributed by atoms with Gasteiger partial charge in [-0.15, -0.1) is 0 Å². The molecule has 8 aromatic rings. The molecule has 8 rings (SSSR count). The van der Waals surface area contributed by atoms with Crippen molar-refractivity contribution in [1.82, 2.24) is 0 Å².